The first kappa shape index (κ1) is 14.1. The zero-order chi connectivity index (χ0) is 13.5. The molecule has 2 rings (SSSR count). The predicted molar refractivity (Wildman–Crippen MR) is 72.4 cm³/mol. The van der Waals surface area contributed by atoms with E-state index < -0.39 is 0 Å². The topological polar surface area (TPSA) is 42.0 Å². The Balaban J connectivity index is 1.82. The average molecular weight is 266 g/mol. The van der Waals surface area contributed by atoms with E-state index in [9.17, 15) is 4.79 Å². The van der Waals surface area contributed by atoms with Crippen molar-refractivity contribution in [1.29, 1.82) is 0 Å². The molecule has 0 atom stereocenters. The van der Waals surface area contributed by atoms with Crippen molar-refractivity contribution in [2.75, 3.05) is 46.4 Å². The molecule has 0 radical (unpaired) electrons. The van der Waals surface area contributed by atoms with E-state index in [4.69, 9.17) is 9.47 Å². The van der Waals surface area contributed by atoms with Crippen LogP contribution in [-0.2, 0) is 14.3 Å². The third kappa shape index (κ3) is 4.08. The smallest absolute Gasteiger partial charge is 0.289 e. The summed E-state index contributed by atoms with van der Waals surface area (Å²) >= 11 is 0. The first-order chi connectivity index (χ1) is 9.31. The summed E-state index contributed by atoms with van der Waals surface area (Å²) in [6.07, 6.45) is 7.25. The minimum Gasteiger partial charge on any atom is -0.460 e. The lowest BCUT2D eigenvalue weighted by Crippen LogP contribution is -2.49. The Bertz CT molecular complexity index is 358. The number of rotatable bonds is 4. The molecule has 1 fully saturated rings. The Morgan fingerprint density at radius 3 is 2.84 bits per heavy atom. The van der Waals surface area contributed by atoms with E-state index >= 15 is 0 Å². The molecule has 1 saturated heterocycles. The summed E-state index contributed by atoms with van der Waals surface area (Å²) in [5, 5.41) is 0. The number of methoxy groups -OCH3 is 1. The Hall–Kier alpha value is -1.33. The maximum absolute atomic E-state index is 12.3. The number of carbonyl (C=O) groups excluding carboxylic acids is 1. The quantitative estimate of drug-likeness (QED) is 0.761. The minimum atomic E-state index is 0.0120. The fourth-order valence-electron chi connectivity index (χ4n) is 2.24. The fraction of sp³-hybridized carbons (Fsp3) is 0.643. The van der Waals surface area contributed by atoms with E-state index in [1.165, 1.54) is 0 Å². The first-order valence-corrected chi connectivity index (χ1v) is 6.83. The molecule has 0 aliphatic carbocycles. The largest absolute Gasteiger partial charge is 0.460 e. The monoisotopic (exact) mass is 266 g/mol. The number of amides is 1. The minimum absolute atomic E-state index is 0.0120. The van der Waals surface area contributed by atoms with Gasteiger partial charge in [-0.3, -0.25) is 9.69 Å². The molecule has 2 aliphatic rings. The SMILES string of the molecule is COCCN1CCN(C(=O)C2=CCCC=CO2)CC1. The second-order valence-corrected chi connectivity index (χ2v) is 4.76. The van der Waals surface area contributed by atoms with E-state index in [1.807, 2.05) is 17.1 Å². The van der Waals surface area contributed by atoms with Crippen molar-refractivity contribution >= 4 is 5.91 Å². The molecule has 5 nitrogen and oxygen atoms in total. The van der Waals surface area contributed by atoms with Crippen LogP contribution >= 0.6 is 0 Å². The Morgan fingerprint density at radius 1 is 1.32 bits per heavy atom. The van der Waals surface area contributed by atoms with Gasteiger partial charge in [0, 0.05) is 39.8 Å². The van der Waals surface area contributed by atoms with Crippen molar-refractivity contribution in [3.8, 4) is 0 Å². The molecule has 0 N–H and O–H groups in total. The molecule has 106 valence electrons. The van der Waals surface area contributed by atoms with E-state index in [-0.39, 0.29) is 5.91 Å². The lowest BCUT2D eigenvalue weighted by molar-refractivity contribution is -0.131. The van der Waals surface area contributed by atoms with Crippen LogP contribution < -0.4 is 0 Å². The third-order valence-corrected chi connectivity index (χ3v) is 3.44. The Kier molecular flexibility index (Phi) is 5.42. The maximum atomic E-state index is 12.3. The normalized spacial score (nSPS) is 20.7. The molecule has 2 aliphatic heterocycles. The Labute approximate surface area is 114 Å². The van der Waals surface area contributed by atoms with Gasteiger partial charge in [0.1, 0.15) is 0 Å². The molecule has 0 unspecified atom stereocenters. The summed E-state index contributed by atoms with van der Waals surface area (Å²) in [6, 6.07) is 0. The predicted octanol–water partition coefficient (Wildman–Crippen LogP) is 0.985. The highest BCUT2D eigenvalue weighted by Gasteiger charge is 2.24. The van der Waals surface area contributed by atoms with Gasteiger partial charge in [-0.1, -0.05) is 0 Å². The summed E-state index contributed by atoms with van der Waals surface area (Å²) in [5.74, 6) is 0.483. The summed E-state index contributed by atoms with van der Waals surface area (Å²) < 4.78 is 10.4. The van der Waals surface area contributed by atoms with Crippen LogP contribution in [0.3, 0.4) is 0 Å². The highest BCUT2D eigenvalue weighted by Crippen LogP contribution is 2.13. The molecule has 0 bridgehead atoms. The number of hydrogen-bond acceptors (Lipinski definition) is 4. The van der Waals surface area contributed by atoms with Crippen molar-refractivity contribution in [2.24, 2.45) is 0 Å². The molecule has 0 spiro atoms. The zero-order valence-corrected chi connectivity index (χ0v) is 11.5. The van der Waals surface area contributed by atoms with E-state index in [2.05, 4.69) is 4.90 Å². The molecule has 0 saturated carbocycles. The van der Waals surface area contributed by atoms with Crippen LogP contribution in [0.1, 0.15) is 12.8 Å². The molecule has 0 aromatic rings. The van der Waals surface area contributed by atoms with Crippen molar-refractivity contribution in [3.05, 3.63) is 24.2 Å². The number of ether oxygens (including phenoxy) is 2. The lowest BCUT2D eigenvalue weighted by Gasteiger charge is -2.34. The van der Waals surface area contributed by atoms with Gasteiger partial charge < -0.3 is 14.4 Å². The molecule has 0 aromatic heterocycles. The summed E-state index contributed by atoms with van der Waals surface area (Å²) in [4.78, 5) is 16.5. The third-order valence-electron chi connectivity index (χ3n) is 3.44. The number of allylic oxidation sites excluding steroid dienone is 2. The number of piperazine rings is 1. The van der Waals surface area contributed by atoms with E-state index in [1.54, 1.807) is 13.4 Å². The van der Waals surface area contributed by atoms with Gasteiger partial charge in [-0.25, -0.2) is 0 Å². The van der Waals surface area contributed by atoms with Gasteiger partial charge in [-0.05, 0) is 25.0 Å². The highest BCUT2D eigenvalue weighted by atomic mass is 16.5. The number of carbonyl (C=O) groups is 1. The number of hydrogen-bond donors (Lipinski definition) is 0. The fourth-order valence-corrected chi connectivity index (χ4v) is 2.24. The lowest BCUT2D eigenvalue weighted by atomic mass is 10.2. The van der Waals surface area contributed by atoms with Crippen LogP contribution in [0.4, 0.5) is 0 Å². The second-order valence-electron chi connectivity index (χ2n) is 4.76. The summed E-state index contributed by atoms with van der Waals surface area (Å²) in [7, 11) is 1.71. The van der Waals surface area contributed by atoms with Crippen LogP contribution in [0.2, 0.25) is 0 Å². The molecule has 2 heterocycles. The van der Waals surface area contributed by atoms with E-state index in [0.29, 0.717) is 5.76 Å². The highest BCUT2D eigenvalue weighted by molar-refractivity contribution is 5.91. The number of nitrogens with zero attached hydrogens (tertiary/aromatic N) is 2. The summed E-state index contributed by atoms with van der Waals surface area (Å²) in [5.41, 5.74) is 0. The molecular weight excluding hydrogens is 244 g/mol. The summed E-state index contributed by atoms with van der Waals surface area (Å²) in [6.45, 7) is 4.99. The van der Waals surface area contributed by atoms with Crippen LogP contribution in [0, 0.1) is 0 Å². The molecular formula is C14H22N2O3. The molecule has 1 amide bonds. The van der Waals surface area contributed by atoms with Gasteiger partial charge in [0.15, 0.2) is 5.76 Å². The molecule has 5 heteroatoms. The van der Waals surface area contributed by atoms with Gasteiger partial charge in [-0.15, -0.1) is 0 Å². The van der Waals surface area contributed by atoms with Crippen LogP contribution in [0.5, 0.6) is 0 Å². The van der Waals surface area contributed by atoms with Gasteiger partial charge in [0.2, 0.25) is 0 Å². The average Bonchev–Trinajstić information content (AvgIpc) is 2.74. The van der Waals surface area contributed by atoms with Crippen LogP contribution in [-0.4, -0.2) is 62.1 Å². The van der Waals surface area contributed by atoms with Crippen molar-refractivity contribution in [3.63, 3.8) is 0 Å². The van der Waals surface area contributed by atoms with Crippen LogP contribution in [0.15, 0.2) is 24.2 Å². The van der Waals surface area contributed by atoms with Gasteiger partial charge >= 0.3 is 0 Å². The van der Waals surface area contributed by atoms with Crippen LogP contribution in [0.25, 0.3) is 0 Å². The first-order valence-electron chi connectivity index (χ1n) is 6.83. The maximum Gasteiger partial charge on any atom is 0.289 e. The Morgan fingerprint density at radius 2 is 2.11 bits per heavy atom. The van der Waals surface area contributed by atoms with Gasteiger partial charge in [-0.2, -0.15) is 0 Å². The molecule has 19 heavy (non-hydrogen) atoms. The van der Waals surface area contributed by atoms with Crippen molar-refractivity contribution in [2.45, 2.75) is 12.8 Å². The van der Waals surface area contributed by atoms with E-state index in [0.717, 1.165) is 52.2 Å². The van der Waals surface area contributed by atoms with Gasteiger partial charge in [0.25, 0.3) is 5.91 Å². The molecule has 0 aromatic carbocycles. The standard InChI is InChI=1S/C14H22N2O3/c1-18-12-10-15-6-8-16(9-7-15)14(17)13-5-3-2-4-11-19-13/h4-5,11H,2-3,6-10,12H2,1H3. The second kappa shape index (κ2) is 7.31. The zero-order valence-electron chi connectivity index (χ0n) is 11.5. The van der Waals surface area contributed by atoms with Gasteiger partial charge in [0.05, 0.1) is 12.9 Å². The van der Waals surface area contributed by atoms with Crippen molar-refractivity contribution < 1.29 is 14.3 Å². The van der Waals surface area contributed by atoms with Crippen molar-refractivity contribution in [1.82, 2.24) is 9.80 Å².